The van der Waals surface area contributed by atoms with Crippen LogP contribution in [0.3, 0.4) is 0 Å². The van der Waals surface area contributed by atoms with Gasteiger partial charge in [-0.1, -0.05) is 25.1 Å². The molecule has 0 bridgehead atoms. The lowest BCUT2D eigenvalue weighted by Gasteiger charge is -2.16. The first-order valence-corrected chi connectivity index (χ1v) is 8.74. The lowest BCUT2D eigenvalue weighted by atomic mass is 10.2. The fourth-order valence-electron chi connectivity index (χ4n) is 2.09. The van der Waals surface area contributed by atoms with Crippen molar-refractivity contribution in [2.45, 2.75) is 23.6 Å². The second kappa shape index (κ2) is 9.82. The summed E-state index contributed by atoms with van der Waals surface area (Å²) < 4.78 is 5.14. The van der Waals surface area contributed by atoms with Crippen LogP contribution in [0.25, 0.3) is 0 Å². The summed E-state index contributed by atoms with van der Waals surface area (Å²) in [6, 6.07) is 14.3. The maximum atomic E-state index is 5.14. The van der Waals surface area contributed by atoms with Crippen LogP contribution in [0.2, 0.25) is 0 Å². The van der Waals surface area contributed by atoms with E-state index in [9.17, 15) is 0 Å². The Labute approximate surface area is 147 Å². The maximum Gasteiger partial charge on any atom is 0.213 e. The van der Waals surface area contributed by atoms with Gasteiger partial charge >= 0.3 is 0 Å². The predicted octanol–water partition coefficient (Wildman–Crippen LogP) is 2.94. The number of nitrogens with zero attached hydrogens (tertiary/aromatic N) is 2. The first-order chi connectivity index (χ1) is 11.7. The quantitative estimate of drug-likeness (QED) is 0.459. The van der Waals surface area contributed by atoms with Crippen LogP contribution in [0.5, 0.6) is 5.88 Å². The number of nitrogens with one attached hydrogen (secondary N) is 2. The van der Waals surface area contributed by atoms with Gasteiger partial charge in [0.15, 0.2) is 5.96 Å². The Kier molecular flexibility index (Phi) is 7.42. The summed E-state index contributed by atoms with van der Waals surface area (Å²) in [5.74, 6) is 1.40. The molecule has 2 rings (SSSR count). The van der Waals surface area contributed by atoms with E-state index in [1.165, 1.54) is 4.90 Å². The molecule has 1 aromatic carbocycles. The molecular weight excluding hydrogens is 320 g/mol. The molecule has 0 spiro atoms. The van der Waals surface area contributed by atoms with Crippen molar-refractivity contribution < 1.29 is 4.74 Å². The molecule has 2 aromatic rings. The standard InChI is InChI=1S/C18H24N4OS/c1-14(24-16-7-5-4-6-8-16)12-21-18(19-2)22-13-15-9-10-20-17(11-15)23-3/h4-11,14H,12-13H2,1-3H3,(H2,19,21,22). The van der Waals surface area contributed by atoms with E-state index in [4.69, 9.17) is 4.74 Å². The Balaban J connectivity index is 1.77. The number of aromatic nitrogens is 1. The van der Waals surface area contributed by atoms with Crippen molar-refractivity contribution in [1.82, 2.24) is 15.6 Å². The van der Waals surface area contributed by atoms with Crippen molar-refractivity contribution >= 4 is 17.7 Å². The van der Waals surface area contributed by atoms with Gasteiger partial charge in [-0.3, -0.25) is 4.99 Å². The first-order valence-electron chi connectivity index (χ1n) is 7.86. The van der Waals surface area contributed by atoms with Gasteiger partial charge in [-0.25, -0.2) is 4.98 Å². The fraction of sp³-hybridized carbons (Fsp3) is 0.333. The molecule has 0 amide bonds. The first kappa shape index (κ1) is 18.1. The lowest BCUT2D eigenvalue weighted by molar-refractivity contribution is 0.397. The van der Waals surface area contributed by atoms with Gasteiger partial charge in [0.25, 0.3) is 0 Å². The molecular formula is C18H24N4OS. The second-order valence-corrected chi connectivity index (χ2v) is 6.77. The molecule has 0 aliphatic rings. The van der Waals surface area contributed by atoms with Crippen molar-refractivity contribution in [1.29, 1.82) is 0 Å². The molecule has 2 N–H and O–H groups in total. The van der Waals surface area contributed by atoms with E-state index < -0.39 is 0 Å². The smallest absolute Gasteiger partial charge is 0.213 e. The number of thioether (sulfide) groups is 1. The van der Waals surface area contributed by atoms with Gasteiger partial charge in [0.1, 0.15) is 0 Å². The van der Waals surface area contributed by atoms with Gasteiger partial charge in [-0.15, -0.1) is 11.8 Å². The average molecular weight is 344 g/mol. The topological polar surface area (TPSA) is 58.5 Å². The van der Waals surface area contributed by atoms with Crippen LogP contribution in [0.4, 0.5) is 0 Å². The maximum absolute atomic E-state index is 5.14. The van der Waals surface area contributed by atoms with Crippen molar-refractivity contribution in [3.05, 3.63) is 54.2 Å². The number of pyridine rings is 1. The van der Waals surface area contributed by atoms with Crippen LogP contribution >= 0.6 is 11.8 Å². The fourth-order valence-corrected chi connectivity index (χ4v) is 3.04. The number of guanidine groups is 1. The molecule has 0 aliphatic carbocycles. The molecule has 0 fully saturated rings. The highest BCUT2D eigenvalue weighted by atomic mass is 32.2. The summed E-state index contributed by atoms with van der Waals surface area (Å²) in [6.07, 6.45) is 1.74. The molecule has 6 heteroatoms. The Morgan fingerprint density at radius 2 is 2.04 bits per heavy atom. The highest BCUT2D eigenvalue weighted by molar-refractivity contribution is 8.00. The molecule has 0 aliphatic heterocycles. The van der Waals surface area contributed by atoms with Crippen LogP contribution < -0.4 is 15.4 Å². The predicted molar refractivity (Wildman–Crippen MR) is 101 cm³/mol. The minimum absolute atomic E-state index is 0.437. The number of rotatable bonds is 7. The summed E-state index contributed by atoms with van der Waals surface area (Å²) in [5, 5.41) is 7.10. The minimum atomic E-state index is 0.437. The van der Waals surface area contributed by atoms with Crippen LogP contribution in [0.1, 0.15) is 12.5 Å². The summed E-state index contributed by atoms with van der Waals surface area (Å²) in [6.45, 7) is 3.70. The zero-order valence-electron chi connectivity index (χ0n) is 14.3. The SMILES string of the molecule is CN=C(NCc1ccnc(OC)c1)NCC(C)Sc1ccccc1. The zero-order valence-corrected chi connectivity index (χ0v) is 15.1. The van der Waals surface area contributed by atoms with Gasteiger partial charge in [0.05, 0.1) is 7.11 Å². The van der Waals surface area contributed by atoms with E-state index in [-0.39, 0.29) is 0 Å². The summed E-state index contributed by atoms with van der Waals surface area (Å²) >= 11 is 1.85. The van der Waals surface area contributed by atoms with Crippen molar-refractivity contribution in [2.75, 3.05) is 20.7 Å². The van der Waals surface area contributed by atoms with Gasteiger partial charge < -0.3 is 15.4 Å². The Hall–Kier alpha value is -2.21. The van der Waals surface area contributed by atoms with E-state index in [1.54, 1.807) is 20.4 Å². The molecule has 0 radical (unpaired) electrons. The van der Waals surface area contributed by atoms with Gasteiger partial charge in [-0.2, -0.15) is 0 Å². The Bertz CT molecular complexity index is 648. The van der Waals surface area contributed by atoms with E-state index in [1.807, 2.05) is 30.0 Å². The molecule has 1 atom stereocenters. The second-order valence-electron chi connectivity index (χ2n) is 5.25. The van der Waals surface area contributed by atoms with Gasteiger partial charge in [0.2, 0.25) is 5.88 Å². The normalized spacial score (nSPS) is 12.5. The molecule has 128 valence electrons. The van der Waals surface area contributed by atoms with Gasteiger partial charge in [0, 0.05) is 42.5 Å². The number of hydrogen-bond acceptors (Lipinski definition) is 4. The number of benzene rings is 1. The molecule has 1 unspecified atom stereocenters. The van der Waals surface area contributed by atoms with Crippen molar-refractivity contribution in [2.24, 2.45) is 4.99 Å². The molecule has 1 heterocycles. The number of methoxy groups -OCH3 is 1. The van der Waals surface area contributed by atoms with Crippen LogP contribution in [-0.2, 0) is 6.54 Å². The Morgan fingerprint density at radius 3 is 2.75 bits per heavy atom. The molecule has 0 saturated carbocycles. The van der Waals surface area contributed by atoms with Crippen molar-refractivity contribution in [3.8, 4) is 5.88 Å². The summed E-state index contributed by atoms with van der Waals surface area (Å²) in [4.78, 5) is 9.65. The molecule has 1 aromatic heterocycles. The number of aliphatic imine (C=N–C) groups is 1. The minimum Gasteiger partial charge on any atom is -0.481 e. The van der Waals surface area contributed by atoms with E-state index in [0.29, 0.717) is 17.7 Å². The van der Waals surface area contributed by atoms with E-state index in [2.05, 4.69) is 51.8 Å². The summed E-state index contributed by atoms with van der Waals surface area (Å²) in [7, 11) is 3.39. The van der Waals surface area contributed by atoms with E-state index >= 15 is 0 Å². The van der Waals surface area contributed by atoms with Crippen LogP contribution in [-0.4, -0.2) is 36.9 Å². The molecule has 0 saturated heterocycles. The van der Waals surface area contributed by atoms with Crippen LogP contribution in [0.15, 0.2) is 58.5 Å². The lowest BCUT2D eigenvalue weighted by Crippen LogP contribution is -2.39. The third-order valence-electron chi connectivity index (χ3n) is 3.33. The summed E-state index contributed by atoms with van der Waals surface area (Å²) in [5.41, 5.74) is 1.09. The number of hydrogen-bond donors (Lipinski definition) is 2. The molecule has 5 nitrogen and oxygen atoms in total. The highest BCUT2D eigenvalue weighted by Gasteiger charge is 2.06. The Morgan fingerprint density at radius 1 is 1.25 bits per heavy atom. The molecule has 24 heavy (non-hydrogen) atoms. The monoisotopic (exact) mass is 344 g/mol. The third-order valence-corrected chi connectivity index (χ3v) is 4.44. The highest BCUT2D eigenvalue weighted by Crippen LogP contribution is 2.21. The van der Waals surface area contributed by atoms with Crippen LogP contribution in [0, 0.1) is 0 Å². The van der Waals surface area contributed by atoms with Gasteiger partial charge in [-0.05, 0) is 23.8 Å². The van der Waals surface area contributed by atoms with Crippen molar-refractivity contribution in [3.63, 3.8) is 0 Å². The van der Waals surface area contributed by atoms with E-state index in [0.717, 1.165) is 18.1 Å². The third kappa shape index (κ3) is 6.12. The zero-order chi connectivity index (χ0) is 17.2. The number of ether oxygens (including phenoxy) is 1. The largest absolute Gasteiger partial charge is 0.481 e. The average Bonchev–Trinajstić information content (AvgIpc) is 2.63.